The molecule has 18 heavy (non-hydrogen) atoms. The molecule has 102 valence electrons. The van der Waals surface area contributed by atoms with Gasteiger partial charge in [-0.25, -0.2) is 0 Å². The Hall–Kier alpha value is -1.72. The first-order valence-electron chi connectivity index (χ1n) is 5.79. The first-order chi connectivity index (χ1) is 8.43. The maximum absolute atomic E-state index is 11.7. The first-order valence-corrected chi connectivity index (χ1v) is 5.79. The van der Waals surface area contributed by atoms with Gasteiger partial charge in [-0.15, -0.1) is 0 Å². The lowest BCUT2D eigenvalue weighted by molar-refractivity contribution is -0.155. The molecule has 0 aromatic rings. The fourth-order valence-electron chi connectivity index (χ4n) is 1.35. The van der Waals surface area contributed by atoms with Crippen molar-refractivity contribution in [2.45, 2.75) is 33.6 Å². The topological polar surface area (TPSA) is 86.7 Å². The van der Waals surface area contributed by atoms with E-state index in [1.165, 1.54) is 0 Å². The molecular formula is C12H18O6. The lowest BCUT2D eigenvalue weighted by Crippen LogP contribution is -2.32. The quantitative estimate of drug-likeness (QED) is 0.469. The average molecular weight is 258 g/mol. The number of carbonyl (C=O) groups is 4. The van der Waals surface area contributed by atoms with Crippen LogP contribution in [0.3, 0.4) is 0 Å². The monoisotopic (exact) mass is 258 g/mol. The van der Waals surface area contributed by atoms with Crippen molar-refractivity contribution in [3.63, 3.8) is 0 Å². The Balaban J connectivity index is 4.45. The number of hydrogen-bond acceptors (Lipinski definition) is 6. The highest BCUT2D eigenvalue weighted by Gasteiger charge is 2.32. The molecule has 0 amide bonds. The summed E-state index contributed by atoms with van der Waals surface area (Å²) in [4.78, 5) is 45.4. The SMILES string of the molecule is CCOC(=O)CCC(=O)C(C(C)=O)C(=O)OCC. The van der Waals surface area contributed by atoms with Crippen LogP contribution in [0.5, 0.6) is 0 Å². The van der Waals surface area contributed by atoms with Gasteiger partial charge in [0.05, 0.1) is 19.6 Å². The van der Waals surface area contributed by atoms with Crippen LogP contribution in [0.4, 0.5) is 0 Å². The van der Waals surface area contributed by atoms with Gasteiger partial charge in [0.2, 0.25) is 0 Å². The molecule has 1 unspecified atom stereocenters. The molecule has 0 aromatic carbocycles. The molecule has 0 bridgehead atoms. The minimum Gasteiger partial charge on any atom is -0.466 e. The second kappa shape index (κ2) is 8.38. The normalized spacial score (nSPS) is 11.5. The van der Waals surface area contributed by atoms with E-state index in [1.807, 2.05) is 0 Å². The van der Waals surface area contributed by atoms with E-state index in [0.29, 0.717) is 0 Å². The largest absolute Gasteiger partial charge is 0.466 e. The van der Waals surface area contributed by atoms with Gasteiger partial charge in [-0.3, -0.25) is 19.2 Å². The molecule has 6 nitrogen and oxygen atoms in total. The van der Waals surface area contributed by atoms with Crippen LogP contribution in [0.2, 0.25) is 0 Å². The lowest BCUT2D eigenvalue weighted by atomic mass is 9.96. The van der Waals surface area contributed by atoms with Crippen molar-refractivity contribution in [1.82, 2.24) is 0 Å². The minimum absolute atomic E-state index is 0.0910. The zero-order valence-corrected chi connectivity index (χ0v) is 10.9. The van der Waals surface area contributed by atoms with Crippen molar-refractivity contribution in [3.05, 3.63) is 0 Å². The van der Waals surface area contributed by atoms with Crippen molar-refractivity contribution in [2.24, 2.45) is 5.92 Å². The molecule has 0 aliphatic carbocycles. The van der Waals surface area contributed by atoms with Crippen LogP contribution in [-0.4, -0.2) is 36.7 Å². The van der Waals surface area contributed by atoms with E-state index in [0.717, 1.165) is 6.92 Å². The van der Waals surface area contributed by atoms with Gasteiger partial charge in [0, 0.05) is 6.42 Å². The number of ketones is 2. The van der Waals surface area contributed by atoms with Crippen molar-refractivity contribution in [1.29, 1.82) is 0 Å². The Labute approximate surface area is 106 Å². The number of rotatable bonds is 8. The Kier molecular flexibility index (Phi) is 7.58. The molecular weight excluding hydrogens is 240 g/mol. The summed E-state index contributed by atoms with van der Waals surface area (Å²) in [6.07, 6.45) is -0.349. The summed E-state index contributed by atoms with van der Waals surface area (Å²) in [6, 6.07) is 0. The van der Waals surface area contributed by atoms with Crippen molar-refractivity contribution in [3.8, 4) is 0 Å². The van der Waals surface area contributed by atoms with Gasteiger partial charge in [-0.2, -0.15) is 0 Å². The summed E-state index contributed by atoms with van der Waals surface area (Å²) in [5.41, 5.74) is 0. The van der Waals surface area contributed by atoms with Gasteiger partial charge in [0.25, 0.3) is 0 Å². The maximum Gasteiger partial charge on any atom is 0.324 e. The second-order valence-corrected chi connectivity index (χ2v) is 3.57. The molecule has 6 heteroatoms. The van der Waals surface area contributed by atoms with Crippen LogP contribution < -0.4 is 0 Å². The molecule has 0 saturated carbocycles. The Morgan fingerprint density at radius 3 is 1.94 bits per heavy atom. The minimum atomic E-state index is -1.43. The predicted octanol–water partition coefficient (Wildman–Crippen LogP) is 0.667. The van der Waals surface area contributed by atoms with Gasteiger partial charge in [-0.05, 0) is 20.8 Å². The van der Waals surface area contributed by atoms with Gasteiger partial charge in [-0.1, -0.05) is 0 Å². The smallest absolute Gasteiger partial charge is 0.324 e. The summed E-state index contributed by atoms with van der Waals surface area (Å²) in [6.45, 7) is 4.69. The summed E-state index contributed by atoms with van der Waals surface area (Å²) < 4.78 is 9.29. The third-order valence-electron chi connectivity index (χ3n) is 2.13. The van der Waals surface area contributed by atoms with E-state index in [1.54, 1.807) is 13.8 Å². The first kappa shape index (κ1) is 16.3. The number of esters is 2. The molecule has 0 saturated heterocycles. The van der Waals surface area contributed by atoms with E-state index in [-0.39, 0.29) is 26.1 Å². The van der Waals surface area contributed by atoms with Crippen LogP contribution in [-0.2, 0) is 28.7 Å². The number of carbonyl (C=O) groups excluding carboxylic acids is 4. The van der Waals surface area contributed by atoms with Gasteiger partial charge in [0.15, 0.2) is 17.5 Å². The lowest BCUT2D eigenvalue weighted by Gasteiger charge is -2.11. The summed E-state index contributed by atoms with van der Waals surface area (Å²) in [7, 11) is 0. The zero-order chi connectivity index (χ0) is 14.1. The molecule has 0 aromatic heterocycles. The Morgan fingerprint density at radius 2 is 1.50 bits per heavy atom. The number of hydrogen-bond donors (Lipinski definition) is 0. The van der Waals surface area contributed by atoms with E-state index in [4.69, 9.17) is 0 Å². The highest BCUT2D eigenvalue weighted by Crippen LogP contribution is 2.09. The fraction of sp³-hybridized carbons (Fsp3) is 0.667. The third kappa shape index (κ3) is 5.56. The molecule has 0 spiro atoms. The summed E-state index contributed by atoms with van der Waals surface area (Å²) >= 11 is 0. The molecule has 0 aliphatic heterocycles. The molecule has 0 N–H and O–H groups in total. The van der Waals surface area contributed by atoms with E-state index in [9.17, 15) is 19.2 Å². The van der Waals surface area contributed by atoms with Crippen molar-refractivity contribution < 1.29 is 28.7 Å². The van der Waals surface area contributed by atoms with Gasteiger partial charge in [0.1, 0.15) is 0 Å². The molecule has 0 fully saturated rings. The predicted molar refractivity (Wildman–Crippen MR) is 61.7 cm³/mol. The maximum atomic E-state index is 11.7. The van der Waals surface area contributed by atoms with Crippen molar-refractivity contribution >= 4 is 23.5 Å². The molecule has 1 atom stereocenters. The molecule has 0 heterocycles. The zero-order valence-electron chi connectivity index (χ0n) is 10.9. The van der Waals surface area contributed by atoms with E-state index < -0.39 is 29.4 Å². The molecule has 0 rings (SSSR count). The number of ether oxygens (including phenoxy) is 2. The van der Waals surface area contributed by atoms with Gasteiger partial charge < -0.3 is 9.47 Å². The van der Waals surface area contributed by atoms with Crippen LogP contribution in [0.25, 0.3) is 0 Å². The highest BCUT2D eigenvalue weighted by molar-refractivity contribution is 6.16. The Morgan fingerprint density at radius 1 is 0.944 bits per heavy atom. The van der Waals surface area contributed by atoms with Crippen LogP contribution in [0.1, 0.15) is 33.6 Å². The molecule has 0 aliphatic rings. The van der Waals surface area contributed by atoms with E-state index >= 15 is 0 Å². The average Bonchev–Trinajstić information content (AvgIpc) is 2.26. The van der Waals surface area contributed by atoms with E-state index in [2.05, 4.69) is 9.47 Å². The van der Waals surface area contributed by atoms with Crippen LogP contribution >= 0.6 is 0 Å². The summed E-state index contributed by atoms with van der Waals surface area (Å²) in [5.74, 6) is -4.02. The fourth-order valence-corrected chi connectivity index (χ4v) is 1.35. The van der Waals surface area contributed by atoms with Crippen LogP contribution in [0, 0.1) is 5.92 Å². The second-order valence-electron chi connectivity index (χ2n) is 3.57. The van der Waals surface area contributed by atoms with Crippen LogP contribution in [0.15, 0.2) is 0 Å². The van der Waals surface area contributed by atoms with Crippen molar-refractivity contribution in [2.75, 3.05) is 13.2 Å². The van der Waals surface area contributed by atoms with Gasteiger partial charge >= 0.3 is 11.9 Å². The Bertz CT molecular complexity index is 333. The molecule has 0 radical (unpaired) electrons. The standard InChI is InChI=1S/C12H18O6/c1-4-17-10(15)7-6-9(14)11(8(3)13)12(16)18-5-2/h11H,4-7H2,1-3H3. The highest BCUT2D eigenvalue weighted by atomic mass is 16.5. The number of Topliss-reactive ketones (excluding diaryl/α,β-unsaturated/α-hetero) is 2. The third-order valence-corrected chi connectivity index (χ3v) is 2.13. The summed E-state index contributed by atoms with van der Waals surface area (Å²) in [5, 5.41) is 0.